The first-order valence-corrected chi connectivity index (χ1v) is 10.1. The van der Waals surface area contributed by atoms with Crippen LogP contribution in [0.4, 0.5) is 0 Å². The van der Waals surface area contributed by atoms with Gasteiger partial charge in [-0.25, -0.2) is 0 Å². The number of ether oxygens (including phenoxy) is 2. The molecule has 1 fully saturated rings. The molecule has 0 N–H and O–H groups in total. The fraction of sp³-hybridized carbons (Fsp3) is 0.500. The number of amides is 1. The Hall–Kier alpha value is -2.85. The Morgan fingerprint density at radius 1 is 1.31 bits per heavy atom. The standard InChI is InChI=1S/C22H26N4O3/c1-14-11-19-20(15(2)28-14)24-25(3)21(19)22(27)26-9-7-17(8-10-26)29-18-6-4-5-16(12-18)13-23/h4-6,12,14-15,17H,7-11H2,1-3H3/t14-,15+/m1/s1. The number of nitrogens with zero attached hydrogens (tertiary/aromatic N) is 4. The number of aryl methyl sites for hydroxylation is 1. The molecule has 152 valence electrons. The van der Waals surface area contributed by atoms with Crippen molar-refractivity contribution in [3.05, 3.63) is 46.8 Å². The molecule has 1 aromatic heterocycles. The van der Waals surface area contributed by atoms with Crippen LogP contribution in [0, 0.1) is 11.3 Å². The summed E-state index contributed by atoms with van der Waals surface area (Å²) in [5.41, 5.74) is 3.17. The highest BCUT2D eigenvalue weighted by Crippen LogP contribution is 2.32. The van der Waals surface area contributed by atoms with Crippen molar-refractivity contribution in [2.75, 3.05) is 13.1 Å². The molecule has 0 bridgehead atoms. The average molecular weight is 394 g/mol. The monoisotopic (exact) mass is 394 g/mol. The Morgan fingerprint density at radius 2 is 2.07 bits per heavy atom. The van der Waals surface area contributed by atoms with E-state index in [0.717, 1.165) is 24.1 Å². The van der Waals surface area contributed by atoms with E-state index in [9.17, 15) is 4.79 Å². The summed E-state index contributed by atoms with van der Waals surface area (Å²) in [5.74, 6) is 0.741. The van der Waals surface area contributed by atoms with Crippen LogP contribution in [-0.2, 0) is 18.2 Å². The molecular weight excluding hydrogens is 368 g/mol. The minimum atomic E-state index is -0.0928. The molecule has 2 aromatic rings. The van der Waals surface area contributed by atoms with Crippen molar-refractivity contribution in [3.63, 3.8) is 0 Å². The van der Waals surface area contributed by atoms with Gasteiger partial charge in [-0.3, -0.25) is 9.48 Å². The van der Waals surface area contributed by atoms with Gasteiger partial charge < -0.3 is 14.4 Å². The van der Waals surface area contributed by atoms with Crippen molar-refractivity contribution < 1.29 is 14.3 Å². The topological polar surface area (TPSA) is 80.4 Å². The lowest BCUT2D eigenvalue weighted by molar-refractivity contribution is -0.00715. The summed E-state index contributed by atoms with van der Waals surface area (Å²) in [4.78, 5) is 15.2. The zero-order valence-electron chi connectivity index (χ0n) is 17.1. The predicted molar refractivity (Wildman–Crippen MR) is 107 cm³/mol. The molecule has 0 unspecified atom stereocenters. The minimum absolute atomic E-state index is 0.0347. The van der Waals surface area contributed by atoms with Crippen LogP contribution in [0.15, 0.2) is 24.3 Å². The second-order valence-corrected chi connectivity index (χ2v) is 7.88. The molecule has 7 heteroatoms. The second kappa shape index (κ2) is 7.88. The fourth-order valence-corrected chi connectivity index (χ4v) is 4.29. The number of fused-ring (bicyclic) bond motifs is 1. The molecule has 4 rings (SSSR count). The van der Waals surface area contributed by atoms with Crippen LogP contribution in [0.25, 0.3) is 0 Å². The molecule has 3 heterocycles. The maximum atomic E-state index is 13.3. The van der Waals surface area contributed by atoms with Crippen LogP contribution in [-0.4, -0.2) is 45.9 Å². The van der Waals surface area contributed by atoms with E-state index >= 15 is 0 Å². The lowest BCUT2D eigenvalue weighted by atomic mass is 9.98. The zero-order chi connectivity index (χ0) is 20.5. The first-order chi connectivity index (χ1) is 14.0. The largest absolute Gasteiger partial charge is 0.490 e. The number of benzene rings is 1. The van der Waals surface area contributed by atoms with Crippen LogP contribution in [0.2, 0.25) is 0 Å². The summed E-state index contributed by atoms with van der Waals surface area (Å²) in [6.07, 6.45) is 2.27. The van der Waals surface area contributed by atoms with Crippen LogP contribution >= 0.6 is 0 Å². The molecule has 0 spiro atoms. The van der Waals surface area contributed by atoms with E-state index in [0.29, 0.717) is 36.5 Å². The van der Waals surface area contributed by atoms with Crippen molar-refractivity contribution in [2.45, 2.75) is 51.4 Å². The van der Waals surface area contributed by atoms with E-state index in [-0.39, 0.29) is 24.2 Å². The first kappa shape index (κ1) is 19.5. The van der Waals surface area contributed by atoms with Crippen LogP contribution < -0.4 is 4.74 Å². The summed E-state index contributed by atoms with van der Waals surface area (Å²) >= 11 is 0. The molecule has 1 amide bonds. The fourth-order valence-electron chi connectivity index (χ4n) is 4.29. The average Bonchev–Trinajstić information content (AvgIpc) is 3.04. The van der Waals surface area contributed by atoms with E-state index in [1.807, 2.05) is 37.9 Å². The number of nitriles is 1. The molecular formula is C22H26N4O3. The molecule has 2 aliphatic heterocycles. The number of piperidine rings is 1. The molecule has 7 nitrogen and oxygen atoms in total. The van der Waals surface area contributed by atoms with E-state index in [4.69, 9.17) is 14.7 Å². The minimum Gasteiger partial charge on any atom is -0.490 e. The quantitative estimate of drug-likeness (QED) is 0.799. The van der Waals surface area contributed by atoms with Gasteiger partial charge in [0.15, 0.2) is 0 Å². The molecule has 1 aromatic carbocycles. The van der Waals surface area contributed by atoms with Gasteiger partial charge in [-0.1, -0.05) is 6.07 Å². The zero-order valence-corrected chi connectivity index (χ0v) is 17.1. The van der Waals surface area contributed by atoms with Crippen molar-refractivity contribution in [3.8, 4) is 11.8 Å². The number of rotatable bonds is 3. The number of likely N-dealkylation sites (tertiary alicyclic amines) is 1. The molecule has 2 aliphatic rings. The van der Waals surface area contributed by atoms with Gasteiger partial charge in [0.05, 0.1) is 29.5 Å². The van der Waals surface area contributed by atoms with Crippen LogP contribution in [0.3, 0.4) is 0 Å². The van der Waals surface area contributed by atoms with E-state index in [1.165, 1.54) is 0 Å². The highest BCUT2D eigenvalue weighted by atomic mass is 16.5. The first-order valence-electron chi connectivity index (χ1n) is 10.1. The number of aromatic nitrogens is 2. The normalized spacial score (nSPS) is 22.1. The van der Waals surface area contributed by atoms with Gasteiger partial charge in [0, 0.05) is 45.0 Å². The number of hydrogen-bond donors (Lipinski definition) is 0. The summed E-state index contributed by atoms with van der Waals surface area (Å²) < 4.78 is 13.6. The van der Waals surface area contributed by atoms with Gasteiger partial charge in [0.1, 0.15) is 17.5 Å². The Bertz CT molecular complexity index is 953. The predicted octanol–water partition coefficient (Wildman–Crippen LogP) is 3.00. The number of carbonyl (C=O) groups is 1. The highest BCUT2D eigenvalue weighted by molar-refractivity contribution is 5.94. The third kappa shape index (κ3) is 3.85. The Morgan fingerprint density at radius 3 is 2.79 bits per heavy atom. The lowest BCUT2D eigenvalue weighted by Crippen LogP contribution is -2.42. The van der Waals surface area contributed by atoms with Gasteiger partial charge >= 0.3 is 0 Å². The Labute approximate surface area is 170 Å². The van der Waals surface area contributed by atoms with E-state index < -0.39 is 0 Å². The van der Waals surface area contributed by atoms with Crippen LogP contribution in [0.1, 0.15) is 60.1 Å². The van der Waals surface area contributed by atoms with Gasteiger partial charge in [-0.2, -0.15) is 10.4 Å². The maximum absolute atomic E-state index is 13.3. The highest BCUT2D eigenvalue weighted by Gasteiger charge is 2.34. The van der Waals surface area contributed by atoms with Crippen molar-refractivity contribution in [1.29, 1.82) is 5.26 Å². The molecule has 29 heavy (non-hydrogen) atoms. The molecule has 0 saturated carbocycles. The van der Waals surface area contributed by atoms with E-state index in [2.05, 4.69) is 11.2 Å². The Balaban J connectivity index is 1.43. The van der Waals surface area contributed by atoms with Gasteiger partial charge in [-0.15, -0.1) is 0 Å². The van der Waals surface area contributed by atoms with Crippen molar-refractivity contribution in [1.82, 2.24) is 14.7 Å². The van der Waals surface area contributed by atoms with Gasteiger partial charge in [0.25, 0.3) is 5.91 Å². The summed E-state index contributed by atoms with van der Waals surface area (Å²) in [7, 11) is 1.83. The molecule has 0 aliphatic carbocycles. The van der Waals surface area contributed by atoms with Crippen LogP contribution in [0.5, 0.6) is 5.75 Å². The summed E-state index contributed by atoms with van der Waals surface area (Å²) in [6.45, 7) is 5.30. The van der Waals surface area contributed by atoms with Gasteiger partial charge in [-0.05, 0) is 32.0 Å². The molecule has 2 atom stereocenters. The molecule has 0 radical (unpaired) electrons. The number of hydrogen-bond acceptors (Lipinski definition) is 5. The Kier molecular flexibility index (Phi) is 5.29. The van der Waals surface area contributed by atoms with Gasteiger partial charge in [0.2, 0.25) is 0 Å². The van der Waals surface area contributed by atoms with E-state index in [1.54, 1.807) is 16.8 Å². The summed E-state index contributed by atoms with van der Waals surface area (Å²) in [6, 6.07) is 9.33. The van der Waals surface area contributed by atoms with Crippen molar-refractivity contribution in [2.24, 2.45) is 7.05 Å². The number of carbonyl (C=O) groups excluding carboxylic acids is 1. The third-order valence-corrected chi connectivity index (χ3v) is 5.69. The SMILES string of the molecule is C[C@@H]1Cc2c(nn(C)c2C(=O)N2CCC(Oc3cccc(C#N)c3)CC2)[C@H](C)O1. The maximum Gasteiger partial charge on any atom is 0.272 e. The third-order valence-electron chi connectivity index (χ3n) is 5.69. The summed E-state index contributed by atoms with van der Waals surface area (Å²) in [5, 5.41) is 13.6. The molecule has 1 saturated heterocycles. The van der Waals surface area contributed by atoms with Crippen molar-refractivity contribution >= 4 is 5.91 Å². The second-order valence-electron chi connectivity index (χ2n) is 7.88. The smallest absolute Gasteiger partial charge is 0.272 e. The lowest BCUT2D eigenvalue weighted by Gasteiger charge is -2.32.